The summed E-state index contributed by atoms with van der Waals surface area (Å²) in [4.78, 5) is 2.41. The van der Waals surface area contributed by atoms with Gasteiger partial charge in [-0.15, -0.1) is 0 Å². The first-order valence-electron chi connectivity index (χ1n) is 11.4. The van der Waals surface area contributed by atoms with E-state index in [1.807, 2.05) is 6.07 Å². The highest BCUT2D eigenvalue weighted by Gasteiger charge is 2.39. The van der Waals surface area contributed by atoms with Crippen molar-refractivity contribution in [3.8, 4) is 22.6 Å². The van der Waals surface area contributed by atoms with Crippen molar-refractivity contribution in [1.82, 2.24) is 10.2 Å². The first kappa shape index (κ1) is 19.6. The van der Waals surface area contributed by atoms with Crippen molar-refractivity contribution < 1.29 is 9.47 Å². The molecule has 0 amide bonds. The van der Waals surface area contributed by atoms with Gasteiger partial charge in [0.05, 0.1) is 6.04 Å². The number of hydrogen-bond acceptors (Lipinski definition) is 3. The van der Waals surface area contributed by atoms with Crippen molar-refractivity contribution in [3.63, 3.8) is 0 Å². The van der Waals surface area contributed by atoms with Gasteiger partial charge in [-0.2, -0.15) is 0 Å². The second-order valence-corrected chi connectivity index (χ2v) is 9.20. The molecule has 1 N–H and O–H groups in total. The Morgan fingerprint density at radius 3 is 2.66 bits per heavy atom. The van der Waals surface area contributed by atoms with E-state index in [1.165, 1.54) is 22.3 Å². The van der Waals surface area contributed by atoms with E-state index in [1.54, 1.807) is 0 Å². The Hall–Kier alpha value is -3.05. The summed E-state index contributed by atoms with van der Waals surface area (Å²) in [7, 11) is 0. The molecule has 3 aromatic carbocycles. The van der Waals surface area contributed by atoms with E-state index >= 15 is 0 Å². The smallest absolute Gasteiger partial charge is 0.231 e. The standard InChI is InChI=1S/C27H26N2O2S/c32-27(28-12-10-18-4-2-1-3-5-18)29-13-11-21-15-24(29)23-14-19(6-8-22(21)23)20-7-9-25-26(16-20)31-17-30-25/h1-9,14,16,21,24H,10-13,15,17H2,(H,28,32)/t21-,24-/m1/s1. The lowest BCUT2D eigenvalue weighted by Crippen LogP contribution is -2.44. The van der Waals surface area contributed by atoms with Gasteiger partial charge in [-0.3, -0.25) is 0 Å². The maximum atomic E-state index is 5.85. The summed E-state index contributed by atoms with van der Waals surface area (Å²) in [6.07, 6.45) is 3.29. The van der Waals surface area contributed by atoms with Crippen LogP contribution in [-0.2, 0) is 6.42 Å². The fraction of sp³-hybridized carbons (Fsp3) is 0.296. The van der Waals surface area contributed by atoms with Gasteiger partial charge in [-0.25, -0.2) is 0 Å². The fourth-order valence-electron chi connectivity index (χ4n) is 5.34. The molecule has 0 radical (unpaired) electrons. The number of thiocarbonyl (C=S) groups is 1. The van der Waals surface area contributed by atoms with Crippen LogP contribution in [-0.4, -0.2) is 29.9 Å². The second kappa shape index (κ2) is 8.14. The molecule has 5 heteroatoms. The first-order chi connectivity index (χ1) is 15.8. The zero-order valence-corrected chi connectivity index (χ0v) is 18.7. The molecule has 2 heterocycles. The quantitative estimate of drug-likeness (QED) is 0.545. The molecule has 0 unspecified atom stereocenters. The number of rotatable bonds is 4. The summed E-state index contributed by atoms with van der Waals surface area (Å²) in [6.45, 7) is 2.18. The van der Waals surface area contributed by atoms with Crippen molar-refractivity contribution in [2.24, 2.45) is 0 Å². The molecular weight excluding hydrogens is 416 g/mol. The molecule has 1 fully saturated rings. The number of piperidine rings is 1. The lowest BCUT2D eigenvalue weighted by Gasteiger charge is -2.36. The average molecular weight is 443 g/mol. The number of nitrogens with zero attached hydrogens (tertiary/aromatic N) is 1. The first-order valence-corrected chi connectivity index (χ1v) is 11.8. The van der Waals surface area contributed by atoms with E-state index in [9.17, 15) is 0 Å². The maximum absolute atomic E-state index is 5.85. The third-order valence-corrected chi connectivity index (χ3v) is 7.37. The van der Waals surface area contributed by atoms with Crippen LogP contribution in [0.4, 0.5) is 0 Å². The maximum Gasteiger partial charge on any atom is 0.231 e. The van der Waals surface area contributed by atoms with Crippen LogP contribution in [0.2, 0.25) is 0 Å². The van der Waals surface area contributed by atoms with Gasteiger partial charge < -0.3 is 19.7 Å². The van der Waals surface area contributed by atoms with Crippen LogP contribution in [0.1, 0.15) is 41.5 Å². The van der Waals surface area contributed by atoms with E-state index in [4.69, 9.17) is 21.7 Å². The Bertz CT molecular complexity index is 1160. The third kappa shape index (κ3) is 3.51. The second-order valence-electron chi connectivity index (χ2n) is 8.81. The van der Waals surface area contributed by atoms with Gasteiger partial charge in [-0.05, 0) is 83.4 Å². The molecule has 0 saturated carbocycles. The van der Waals surface area contributed by atoms with Crippen LogP contribution in [0.3, 0.4) is 0 Å². The summed E-state index contributed by atoms with van der Waals surface area (Å²) in [5.74, 6) is 2.29. The topological polar surface area (TPSA) is 33.7 Å². The van der Waals surface area contributed by atoms with E-state index in [0.29, 0.717) is 18.8 Å². The molecule has 4 nitrogen and oxygen atoms in total. The Kier molecular flexibility index (Phi) is 4.99. The largest absolute Gasteiger partial charge is 0.454 e. The zero-order valence-electron chi connectivity index (χ0n) is 17.9. The summed E-state index contributed by atoms with van der Waals surface area (Å²) in [5.41, 5.74) is 6.64. The number of hydrogen-bond donors (Lipinski definition) is 1. The number of nitrogens with one attached hydrogen (secondary N) is 1. The molecule has 2 atom stereocenters. The SMILES string of the molecule is S=C(NCCc1ccccc1)N1CC[C@@H]2C[C@@H]1c1cc(-c3ccc4c(c3)OCO4)ccc12. The molecule has 2 bridgehead atoms. The van der Waals surface area contributed by atoms with Gasteiger partial charge in [-0.1, -0.05) is 48.5 Å². The van der Waals surface area contributed by atoms with Crippen molar-refractivity contribution in [2.45, 2.75) is 31.2 Å². The summed E-state index contributed by atoms with van der Waals surface area (Å²) in [5, 5.41) is 4.40. The van der Waals surface area contributed by atoms with Crippen molar-refractivity contribution in [3.05, 3.63) is 83.4 Å². The summed E-state index contributed by atoms with van der Waals surface area (Å²) in [6, 6.07) is 24.1. The lowest BCUT2D eigenvalue weighted by atomic mass is 9.95. The van der Waals surface area contributed by atoms with Crippen molar-refractivity contribution in [2.75, 3.05) is 19.9 Å². The normalized spacial score (nSPS) is 20.2. The van der Waals surface area contributed by atoms with Gasteiger partial charge in [0, 0.05) is 13.1 Å². The molecule has 1 aliphatic carbocycles. The van der Waals surface area contributed by atoms with E-state index in [-0.39, 0.29) is 0 Å². The predicted octanol–water partition coefficient (Wildman–Crippen LogP) is 5.43. The molecule has 0 spiro atoms. The predicted molar refractivity (Wildman–Crippen MR) is 130 cm³/mol. The molecule has 32 heavy (non-hydrogen) atoms. The minimum atomic E-state index is 0.302. The average Bonchev–Trinajstić information content (AvgIpc) is 3.42. The van der Waals surface area contributed by atoms with Crippen LogP contribution in [0.15, 0.2) is 66.7 Å². The van der Waals surface area contributed by atoms with Gasteiger partial charge in [0.2, 0.25) is 6.79 Å². The third-order valence-electron chi connectivity index (χ3n) is 6.99. The van der Waals surface area contributed by atoms with Crippen LogP contribution in [0.25, 0.3) is 11.1 Å². The molecular formula is C27H26N2O2S. The van der Waals surface area contributed by atoms with Crippen molar-refractivity contribution in [1.29, 1.82) is 0 Å². The Balaban J connectivity index is 1.20. The fourth-order valence-corrected chi connectivity index (χ4v) is 5.66. The number of likely N-dealkylation sites (tertiary alicyclic amines) is 1. The number of benzene rings is 3. The zero-order chi connectivity index (χ0) is 21.5. The van der Waals surface area contributed by atoms with Gasteiger partial charge in [0.25, 0.3) is 0 Å². The minimum absolute atomic E-state index is 0.302. The molecule has 3 aliphatic rings. The van der Waals surface area contributed by atoms with Gasteiger partial charge >= 0.3 is 0 Å². The molecule has 6 rings (SSSR count). The number of ether oxygens (including phenoxy) is 2. The van der Waals surface area contributed by atoms with Gasteiger partial charge in [0.15, 0.2) is 16.6 Å². The molecule has 3 aromatic rings. The summed E-state index contributed by atoms with van der Waals surface area (Å²) < 4.78 is 11.1. The Morgan fingerprint density at radius 1 is 0.938 bits per heavy atom. The van der Waals surface area contributed by atoms with Crippen LogP contribution < -0.4 is 14.8 Å². The lowest BCUT2D eigenvalue weighted by molar-refractivity contribution is 0.174. The highest BCUT2D eigenvalue weighted by atomic mass is 32.1. The molecule has 162 valence electrons. The molecule has 1 saturated heterocycles. The highest BCUT2D eigenvalue weighted by Crippen LogP contribution is 2.50. The van der Waals surface area contributed by atoms with E-state index in [0.717, 1.165) is 54.5 Å². The van der Waals surface area contributed by atoms with E-state index in [2.05, 4.69) is 70.9 Å². The monoisotopic (exact) mass is 442 g/mol. The Morgan fingerprint density at radius 2 is 1.75 bits per heavy atom. The van der Waals surface area contributed by atoms with Gasteiger partial charge in [0.1, 0.15) is 0 Å². The summed E-state index contributed by atoms with van der Waals surface area (Å²) >= 11 is 5.85. The van der Waals surface area contributed by atoms with Crippen LogP contribution >= 0.6 is 12.2 Å². The molecule has 2 aliphatic heterocycles. The van der Waals surface area contributed by atoms with Crippen LogP contribution in [0.5, 0.6) is 11.5 Å². The molecule has 0 aromatic heterocycles. The minimum Gasteiger partial charge on any atom is -0.454 e. The number of fused-ring (bicyclic) bond motifs is 6. The highest BCUT2D eigenvalue weighted by molar-refractivity contribution is 7.80. The Labute approximate surface area is 194 Å². The van der Waals surface area contributed by atoms with E-state index < -0.39 is 0 Å². The van der Waals surface area contributed by atoms with Crippen molar-refractivity contribution >= 4 is 17.3 Å². The van der Waals surface area contributed by atoms with Crippen LogP contribution in [0, 0.1) is 0 Å².